The first-order chi connectivity index (χ1) is 12.7. The fraction of sp³-hybridized carbons (Fsp3) is 0.333. The maximum Gasteiger partial charge on any atom is 0.351 e. The quantitative estimate of drug-likeness (QED) is 0.530. The van der Waals surface area contributed by atoms with Crippen molar-refractivity contribution in [2.24, 2.45) is 0 Å². The number of nitrogens with zero attached hydrogens (tertiary/aromatic N) is 3. The van der Waals surface area contributed by atoms with E-state index in [9.17, 15) is 23.5 Å². The summed E-state index contributed by atoms with van der Waals surface area (Å²) < 4.78 is 33.6. The van der Waals surface area contributed by atoms with E-state index in [0.29, 0.717) is 10.3 Å². The van der Waals surface area contributed by atoms with Crippen LogP contribution in [-0.4, -0.2) is 55.4 Å². The topological polar surface area (TPSA) is 153 Å². The highest BCUT2D eigenvalue weighted by atomic mass is 35.5. The van der Waals surface area contributed by atoms with Gasteiger partial charge in [-0.2, -0.15) is 13.8 Å². The van der Waals surface area contributed by atoms with Crippen molar-refractivity contribution in [3.05, 3.63) is 46.8 Å². The van der Waals surface area contributed by atoms with E-state index in [4.69, 9.17) is 15.6 Å². The van der Waals surface area contributed by atoms with Crippen LogP contribution in [0.5, 0.6) is 0 Å². The SMILES string of the molecule is Cl.Nc1ccc(C(=O)Nc2ccn([C@@H]3O[C@H](CO)[C@@H](O)C3(F)F)c(=O)n2)nc1. The van der Waals surface area contributed by atoms with Crippen LogP contribution in [0.3, 0.4) is 0 Å². The number of carbonyl (C=O) groups excluding carboxylic acids is 1. The third-order valence-corrected chi connectivity index (χ3v) is 3.90. The van der Waals surface area contributed by atoms with E-state index >= 15 is 0 Å². The van der Waals surface area contributed by atoms with E-state index in [1.165, 1.54) is 18.3 Å². The number of halogens is 3. The highest BCUT2D eigenvalue weighted by molar-refractivity contribution is 6.02. The van der Waals surface area contributed by atoms with Gasteiger partial charge >= 0.3 is 11.6 Å². The number of anilines is 2. The van der Waals surface area contributed by atoms with Gasteiger partial charge in [0, 0.05) is 6.20 Å². The van der Waals surface area contributed by atoms with Gasteiger partial charge in [0.25, 0.3) is 5.91 Å². The molecule has 28 heavy (non-hydrogen) atoms. The van der Waals surface area contributed by atoms with Gasteiger partial charge in [-0.25, -0.2) is 9.78 Å². The molecule has 0 aromatic carbocycles. The van der Waals surface area contributed by atoms with E-state index in [1.807, 2.05) is 0 Å². The predicted molar refractivity (Wildman–Crippen MR) is 94.3 cm³/mol. The number of carbonyl (C=O) groups is 1. The molecule has 0 aliphatic carbocycles. The van der Waals surface area contributed by atoms with Crippen LogP contribution < -0.4 is 16.7 Å². The molecule has 13 heteroatoms. The van der Waals surface area contributed by atoms with Crippen LogP contribution in [0.25, 0.3) is 0 Å². The number of aliphatic hydroxyl groups excluding tert-OH is 2. The number of nitrogens with one attached hydrogen (secondary N) is 1. The number of aliphatic hydroxyl groups is 2. The molecule has 152 valence electrons. The average molecular weight is 420 g/mol. The second-order valence-electron chi connectivity index (χ2n) is 5.76. The number of rotatable bonds is 4. The molecular formula is C15H16ClF2N5O5. The number of hydrogen-bond donors (Lipinski definition) is 4. The van der Waals surface area contributed by atoms with Gasteiger partial charge in [-0.3, -0.25) is 9.36 Å². The summed E-state index contributed by atoms with van der Waals surface area (Å²) in [5, 5.41) is 20.8. The average Bonchev–Trinajstić information content (AvgIpc) is 2.85. The highest BCUT2D eigenvalue weighted by Gasteiger charge is 2.59. The van der Waals surface area contributed by atoms with Crippen LogP contribution in [0.2, 0.25) is 0 Å². The van der Waals surface area contributed by atoms with E-state index in [1.54, 1.807) is 0 Å². The third-order valence-electron chi connectivity index (χ3n) is 3.90. The lowest BCUT2D eigenvalue weighted by Gasteiger charge is -2.21. The summed E-state index contributed by atoms with van der Waals surface area (Å²) in [6.45, 7) is -0.849. The van der Waals surface area contributed by atoms with E-state index < -0.39 is 42.6 Å². The maximum absolute atomic E-state index is 14.1. The molecule has 0 spiro atoms. The van der Waals surface area contributed by atoms with Crippen LogP contribution in [-0.2, 0) is 4.74 Å². The summed E-state index contributed by atoms with van der Waals surface area (Å²) >= 11 is 0. The number of ether oxygens (including phenoxy) is 1. The van der Waals surface area contributed by atoms with Gasteiger partial charge < -0.3 is 26.0 Å². The Morgan fingerprint density at radius 2 is 2.11 bits per heavy atom. The minimum Gasteiger partial charge on any atom is -0.397 e. The Kier molecular flexibility index (Phi) is 6.29. The van der Waals surface area contributed by atoms with E-state index in [0.717, 1.165) is 12.3 Å². The summed E-state index contributed by atoms with van der Waals surface area (Å²) in [7, 11) is 0. The maximum atomic E-state index is 14.1. The number of hydrogen-bond acceptors (Lipinski definition) is 8. The molecule has 0 radical (unpaired) electrons. The molecule has 2 aromatic heterocycles. The molecule has 3 rings (SSSR count). The molecule has 1 aliphatic heterocycles. The largest absolute Gasteiger partial charge is 0.397 e. The lowest BCUT2D eigenvalue weighted by Crippen LogP contribution is -2.41. The lowest BCUT2D eigenvalue weighted by molar-refractivity contribution is -0.140. The first-order valence-corrected chi connectivity index (χ1v) is 7.68. The molecule has 2 aromatic rings. The van der Waals surface area contributed by atoms with Crippen molar-refractivity contribution in [1.29, 1.82) is 0 Å². The van der Waals surface area contributed by atoms with Crippen LogP contribution >= 0.6 is 12.4 Å². The Hall–Kier alpha value is -2.67. The normalized spacial score (nSPS) is 23.1. The van der Waals surface area contributed by atoms with Gasteiger partial charge in [-0.05, 0) is 18.2 Å². The number of aromatic nitrogens is 3. The molecule has 0 unspecified atom stereocenters. The molecule has 1 aliphatic rings. The van der Waals surface area contributed by atoms with Gasteiger partial charge in [0.1, 0.15) is 17.6 Å². The molecule has 3 heterocycles. The van der Waals surface area contributed by atoms with Crippen molar-refractivity contribution in [2.45, 2.75) is 24.4 Å². The van der Waals surface area contributed by atoms with E-state index in [-0.39, 0.29) is 23.9 Å². The van der Waals surface area contributed by atoms with Gasteiger partial charge in [0.05, 0.1) is 18.5 Å². The second kappa shape index (κ2) is 8.14. The number of amides is 1. The molecular weight excluding hydrogens is 404 g/mol. The zero-order chi connectivity index (χ0) is 19.8. The van der Waals surface area contributed by atoms with Crippen molar-refractivity contribution in [2.75, 3.05) is 17.7 Å². The molecule has 1 saturated heterocycles. The Bertz CT molecular complexity index is 910. The summed E-state index contributed by atoms with van der Waals surface area (Å²) in [6, 6.07) is 3.92. The molecule has 1 fully saturated rings. The van der Waals surface area contributed by atoms with Gasteiger partial charge in [-0.15, -0.1) is 12.4 Å². The van der Waals surface area contributed by atoms with Crippen molar-refractivity contribution in [3.8, 4) is 0 Å². The Morgan fingerprint density at radius 3 is 2.64 bits per heavy atom. The van der Waals surface area contributed by atoms with Gasteiger partial charge in [0.2, 0.25) is 6.23 Å². The van der Waals surface area contributed by atoms with Crippen LogP contribution in [0.15, 0.2) is 35.4 Å². The summed E-state index contributed by atoms with van der Waals surface area (Å²) in [5.41, 5.74) is 4.69. The lowest BCUT2D eigenvalue weighted by atomic mass is 10.1. The molecule has 5 N–H and O–H groups in total. The summed E-state index contributed by atoms with van der Waals surface area (Å²) in [6.07, 6.45) is -3.77. The van der Waals surface area contributed by atoms with Crippen molar-refractivity contribution >= 4 is 29.8 Å². The smallest absolute Gasteiger partial charge is 0.351 e. The second-order valence-corrected chi connectivity index (χ2v) is 5.76. The molecule has 3 atom stereocenters. The third kappa shape index (κ3) is 3.94. The number of pyridine rings is 1. The monoisotopic (exact) mass is 419 g/mol. The zero-order valence-corrected chi connectivity index (χ0v) is 14.8. The van der Waals surface area contributed by atoms with Crippen LogP contribution in [0, 0.1) is 0 Å². The number of nitrogen functional groups attached to an aromatic ring is 1. The Labute approximate surface area is 162 Å². The fourth-order valence-electron chi connectivity index (χ4n) is 2.50. The zero-order valence-electron chi connectivity index (χ0n) is 14.0. The van der Waals surface area contributed by atoms with Crippen molar-refractivity contribution < 1.29 is 28.5 Å². The molecule has 10 nitrogen and oxygen atoms in total. The van der Waals surface area contributed by atoms with Crippen molar-refractivity contribution in [3.63, 3.8) is 0 Å². The minimum absolute atomic E-state index is 0. The first kappa shape index (κ1) is 21.6. The predicted octanol–water partition coefficient (Wildman–Crippen LogP) is -0.220. The summed E-state index contributed by atoms with van der Waals surface area (Å²) in [5.74, 6) is -4.70. The van der Waals surface area contributed by atoms with Crippen molar-refractivity contribution in [1.82, 2.24) is 14.5 Å². The molecule has 0 bridgehead atoms. The standard InChI is InChI=1S/C15H15F2N5O5.ClH/c16-15(17)11(24)9(6-23)27-13(15)22-4-3-10(21-14(22)26)20-12(25)8-2-1-7(18)5-19-8;/h1-5,9,11,13,23-24H,6,18H2,(H,20,21,25,26);1H/t9-,11-,13-;/m1./s1. The number of alkyl halides is 2. The highest BCUT2D eigenvalue weighted by Crippen LogP contribution is 2.41. The summed E-state index contributed by atoms with van der Waals surface area (Å²) in [4.78, 5) is 31.4. The minimum atomic E-state index is -3.82. The van der Waals surface area contributed by atoms with Crippen LogP contribution in [0.1, 0.15) is 16.7 Å². The number of nitrogens with two attached hydrogens (primary N) is 1. The van der Waals surface area contributed by atoms with Gasteiger partial charge in [0.15, 0.2) is 6.10 Å². The fourth-order valence-corrected chi connectivity index (χ4v) is 2.50. The Balaban J connectivity index is 0.00000280. The van der Waals surface area contributed by atoms with E-state index in [2.05, 4.69) is 15.3 Å². The van der Waals surface area contributed by atoms with Gasteiger partial charge in [-0.1, -0.05) is 0 Å². The molecule has 1 amide bonds. The first-order valence-electron chi connectivity index (χ1n) is 7.68. The van der Waals surface area contributed by atoms with Crippen LogP contribution in [0.4, 0.5) is 20.3 Å². The molecule has 0 saturated carbocycles. The Morgan fingerprint density at radius 1 is 1.39 bits per heavy atom.